The Morgan fingerprint density at radius 3 is 2.65 bits per heavy atom. The maximum Gasteiger partial charge on any atom is 0.310 e. The van der Waals surface area contributed by atoms with Crippen LogP contribution in [0, 0.1) is 34.3 Å². The number of rotatable bonds is 5. The van der Waals surface area contributed by atoms with Crippen molar-refractivity contribution >= 4 is 34.9 Å². The van der Waals surface area contributed by atoms with Crippen LogP contribution in [-0.4, -0.2) is 10.9 Å². The summed E-state index contributed by atoms with van der Waals surface area (Å²) in [4.78, 5) is 22.8. The molecule has 0 saturated heterocycles. The molecule has 1 aliphatic carbocycles. The van der Waals surface area contributed by atoms with Gasteiger partial charge < -0.3 is 4.74 Å². The Morgan fingerprint density at radius 2 is 2.09 bits per heavy atom. The fraction of sp³-hybridized carbons (Fsp3) is 0.438. The van der Waals surface area contributed by atoms with Crippen molar-refractivity contribution in [3.8, 4) is 0 Å². The molecule has 2 atom stereocenters. The minimum atomic E-state index is -0.484. The van der Waals surface area contributed by atoms with Crippen molar-refractivity contribution in [1.29, 1.82) is 0 Å². The molecule has 2 unspecified atom stereocenters. The lowest BCUT2D eigenvalue weighted by Gasteiger charge is -2.07. The van der Waals surface area contributed by atoms with Gasteiger partial charge in [-0.3, -0.25) is 14.9 Å². The van der Waals surface area contributed by atoms with Gasteiger partial charge >= 0.3 is 5.97 Å². The van der Waals surface area contributed by atoms with Gasteiger partial charge in [-0.2, -0.15) is 0 Å². The standard InChI is InChI=1S/C16H17Cl2NO4/c1-9-4-5-12(19(21)22)10(6-9)8-23-15(20)14-11(7-13(17)18)16(14,2)3/h4-7,11,14H,8H2,1-3H3. The van der Waals surface area contributed by atoms with Crippen molar-refractivity contribution in [1.82, 2.24) is 0 Å². The second kappa shape index (κ2) is 6.49. The number of hydrogen-bond donors (Lipinski definition) is 0. The van der Waals surface area contributed by atoms with Crippen LogP contribution in [0.3, 0.4) is 0 Å². The van der Waals surface area contributed by atoms with E-state index in [1.807, 2.05) is 20.8 Å². The first-order valence-corrected chi connectivity index (χ1v) is 7.83. The van der Waals surface area contributed by atoms with Crippen molar-refractivity contribution in [2.75, 3.05) is 0 Å². The molecule has 0 heterocycles. The summed E-state index contributed by atoms with van der Waals surface area (Å²) in [5.74, 6) is -0.840. The predicted octanol–water partition coefficient (Wildman–Crippen LogP) is 4.54. The van der Waals surface area contributed by atoms with Gasteiger partial charge in [0.25, 0.3) is 5.69 Å². The van der Waals surface area contributed by atoms with Gasteiger partial charge in [0.15, 0.2) is 0 Å². The quantitative estimate of drug-likeness (QED) is 0.440. The van der Waals surface area contributed by atoms with Gasteiger partial charge in [0.2, 0.25) is 0 Å². The van der Waals surface area contributed by atoms with Crippen molar-refractivity contribution in [3.05, 3.63) is 50.0 Å². The second-order valence-electron chi connectivity index (χ2n) is 6.28. The second-order valence-corrected chi connectivity index (χ2v) is 7.29. The van der Waals surface area contributed by atoms with Gasteiger partial charge in [0.1, 0.15) is 11.1 Å². The molecule has 23 heavy (non-hydrogen) atoms. The van der Waals surface area contributed by atoms with E-state index in [0.29, 0.717) is 5.56 Å². The van der Waals surface area contributed by atoms with E-state index in [4.69, 9.17) is 27.9 Å². The Hall–Kier alpha value is -1.59. The van der Waals surface area contributed by atoms with Crippen molar-refractivity contribution in [2.45, 2.75) is 27.4 Å². The minimum absolute atomic E-state index is 0.0568. The number of allylic oxidation sites excluding steroid dienone is 1. The van der Waals surface area contributed by atoms with Crippen LogP contribution in [0.15, 0.2) is 28.8 Å². The number of carbonyl (C=O) groups excluding carboxylic acids is 1. The molecule has 1 aliphatic rings. The minimum Gasteiger partial charge on any atom is -0.460 e. The van der Waals surface area contributed by atoms with Crippen LogP contribution in [-0.2, 0) is 16.1 Å². The number of nitro benzene ring substituents is 1. The number of nitrogens with zero attached hydrogens (tertiary/aromatic N) is 1. The number of halogens is 2. The summed E-state index contributed by atoms with van der Waals surface area (Å²) >= 11 is 11.3. The Labute approximate surface area is 144 Å². The third-order valence-corrected chi connectivity index (χ3v) is 4.52. The highest BCUT2D eigenvalue weighted by molar-refractivity contribution is 6.55. The maximum absolute atomic E-state index is 12.2. The summed E-state index contributed by atoms with van der Waals surface area (Å²) < 4.78 is 5.40. The van der Waals surface area contributed by atoms with Crippen LogP contribution in [0.1, 0.15) is 25.0 Å². The zero-order valence-electron chi connectivity index (χ0n) is 13.0. The lowest BCUT2D eigenvalue weighted by molar-refractivity contribution is -0.385. The molecule has 0 amide bonds. The summed E-state index contributed by atoms with van der Waals surface area (Å²) in [5.41, 5.74) is 0.899. The van der Waals surface area contributed by atoms with Crippen LogP contribution < -0.4 is 0 Å². The van der Waals surface area contributed by atoms with Crippen molar-refractivity contribution < 1.29 is 14.5 Å². The first-order chi connectivity index (χ1) is 10.6. The highest BCUT2D eigenvalue weighted by Crippen LogP contribution is 2.60. The summed E-state index contributed by atoms with van der Waals surface area (Å²) in [7, 11) is 0. The van der Waals surface area contributed by atoms with E-state index in [0.717, 1.165) is 5.56 Å². The molecule has 0 aromatic heterocycles. The number of nitro groups is 1. The molecule has 5 nitrogen and oxygen atoms in total. The van der Waals surface area contributed by atoms with Crippen molar-refractivity contribution in [2.24, 2.45) is 17.3 Å². The van der Waals surface area contributed by atoms with Gasteiger partial charge in [0.05, 0.1) is 16.4 Å². The Bertz CT molecular complexity index is 681. The van der Waals surface area contributed by atoms with Crippen LogP contribution in [0.5, 0.6) is 0 Å². The molecule has 124 valence electrons. The van der Waals surface area contributed by atoms with E-state index in [-0.39, 0.29) is 34.0 Å². The van der Waals surface area contributed by atoms with E-state index in [1.54, 1.807) is 18.2 Å². The van der Waals surface area contributed by atoms with E-state index in [2.05, 4.69) is 0 Å². The predicted molar refractivity (Wildman–Crippen MR) is 88.2 cm³/mol. The Morgan fingerprint density at radius 1 is 1.43 bits per heavy atom. The van der Waals surface area contributed by atoms with Gasteiger partial charge in [-0.15, -0.1) is 0 Å². The largest absolute Gasteiger partial charge is 0.460 e. The fourth-order valence-electron chi connectivity index (χ4n) is 2.82. The number of aryl methyl sites for hydroxylation is 1. The fourth-order valence-corrected chi connectivity index (χ4v) is 3.09. The molecule has 0 aliphatic heterocycles. The van der Waals surface area contributed by atoms with E-state index < -0.39 is 10.9 Å². The van der Waals surface area contributed by atoms with Crippen LogP contribution >= 0.6 is 23.2 Å². The number of carbonyl (C=O) groups is 1. The Balaban J connectivity index is 2.08. The third-order valence-electron chi connectivity index (χ3n) is 4.27. The topological polar surface area (TPSA) is 69.4 Å². The number of esters is 1. The van der Waals surface area contributed by atoms with Crippen LogP contribution in [0.2, 0.25) is 0 Å². The molecule has 1 aromatic carbocycles. The van der Waals surface area contributed by atoms with E-state index in [1.165, 1.54) is 6.07 Å². The summed E-state index contributed by atoms with van der Waals surface area (Å²) in [6.07, 6.45) is 1.63. The normalized spacial score (nSPS) is 21.4. The SMILES string of the molecule is Cc1ccc([N+](=O)[O-])c(COC(=O)C2C(C=C(Cl)Cl)C2(C)C)c1. The first-order valence-electron chi connectivity index (χ1n) is 7.08. The average molecular weight is 358 g/mol. The van der Waals surface area contributed by atoms with Gasteiger partial charge in [-0.25, -0.2) is 0 Å². The van der Waals surface area contributed by atoms with Gasteiger partial charge in [0, 0.05) is 6.07 Å². The first kappa shape index (κ1) is 17.8. The molecule has 0 radical (unpaired) electrons. The molecule has 0 N–H and O–H groups in total. The number of hydrogen-bond acceptors (Lipinski definition) is 4. The lowest BCUT2D eigenvalue weighted by Crippen LogP contribution is -2.11. The molecule has 0 bridgehead atoms. The van der Waals surface area contributed by atoms with E-state index in [9.17, 15) is 14.9 Å². The zero-order chi connectivity index (χ0) is 17.4. The maximum atomic E-state index is 12.2. The Kier molecular flexibility index (Phi) is 5.01. The molecule has 1 aromatic rings. The molecule has 2 rings (SSSR count). The van der Waals surface area contributed by atoms with Gasteiger partial charge in [-0.1, -0.05) is 48.7 Å². The molecule has 1 saturated carbocycles. The van der Waals surface area contributed by atoms with Gasteiger partial charge in [-0.05, 0) is 30.4 Å². The molecular weight excluding hydrogens is 341 g/mol. The summed E-state index contributed by atoms with van der Waals surface area (Å²) in [6, 6.07) is 4.71. The smallest absolute Gasteiger partial charge is 0.310 e. The highest BCUT2D eigenvalue weighted by Gasteiger charge is 2.61. The monoisotopic (exact) mass is 357 g/mol. The summed E-state index contributed by atoms with van der Waals surface area (Å²) in [5, 5.41) is 11.0. The molecular formula is C16H17Cl2NO4. The molecule has 0 spiro atoms. The third kappa shape index (κ3) is 3.85. The van der Waals surface area contributed by atoms with E-state index >= 15 is 0 Å². The lowest BCUT2D eigenvalue weighted by atomic mass is 10.1. The average Bonchev–Trinajstić information content (AvgIpc) is 2.96. The molecule has 1 fully saturated rings. The number of ether oxygens (including phenoxy) is 1. The molecule has 7 heteroatoms. The highest BCUT2D eigenvalue weighted by atomic mass is 35.5. The number of benzene rings is 1. The van der Waals surface area contributed by atoms with Crippen LogP contribution in [0.25, 0.3) is 0 Å². The zero-order valence-corrected chi connectivity index (χ0v) is 14.5. The van der Waals surface area contributed by atoms with Crippen molar-refractivity contribution in [3.63, 3.8) is 0 Å². The summed E-state index contributed by atoms with van der Waals surface area (Å²) in [6.45, 7) is 5.54. The van der Waals surface area contributed by atoms with Crippen LogP contribution in [0.4, 0.5) is 5.69 Å².